The number of amides is 1. The largest absolute Gasteiger partial charge is 0.350 e. The summed E-state index contributed by atoms with van der Waals surface area (Å²) >= 11 is 0. The Morgan fingerprint density at radius 3 is 2.10 bits per heavy atom. The SMILES string of the molecule is Cc1ccc(S(=O)(=O)N[C@@H](C)C(=O)NC(C)(C)C)cc1. The normalized spacial score (nSPS) is 13.8. The molecule has 0 unspecified atom stereocenters. The van der Waals surface area contributed by atoms with Gasteiger partial charge in [0.2, 0.25) is 15.9 Å². The van der Waals surface area contributed by atoms with E-state index in [1.165, 1.54) is 19.1 Å². The molecule has 0 aromatic heterocycles. The zero-order valence-electron chi connectivity index (χ0n) is 12.5. The van der Waals surface area contributed by atoms with Crippen molar-refractivity contribution in [2.45, 2.75) is 51.1 Å². The molecule has 0 aliphatic heterocycles. The minimum Gasteiger partial charge on any atom is -0.350 e. The fourth-order valence-electron chi connectivity index (χ4n) is 1.55. The first-order valence-corrected chi connectivity index (χ1v) is 7.90. The lowest BCUT2D eigenvalue weighted by atomic mass is 10.1. The Morgan fingerprint density at radius 2 is 1.65 bits per heavy atom. The third-order valence-corrected chi connectivity index (χ3v) is 4.11. The molecule has 112 valence electrons. The van der Waals surface area contributed by atoms with E-state index in [9.17, 15) is 13.2 Å². The Labute approximate surface area is 120 Å². The smallest absolute Gasteiger partial charge is 0.241 e. The molecule has 6 heteroatoms. The van der Waals surface area contributed by atoms with Crippen LogP contribution < -0.4 is 10.0 Å². The number of carbonyl (C=O) groups is 1. The van der Waals surface area contributed by atoms with Crippen LogP contribution >= 0.6 is 0 Å². The van der Waals surface area contributed by atoms with Crippen molar-refractivity contribution in [1.82, 2.24) is 10.0 Å². The van der Waals surface area contributed by atoms with Crippen LogP contribution in [0.4, 0.5) is 0 Å². The van der Waals surface area contributed by atoms with Crippen LogP contribution in [0.1, 0.15) is 33.3 Å². The highest BCUT2D eigenvalue weighted by Gasteiger charge is 2.24. The molecule has 1 atom stereocenters. The van der Waals surface area contributed by atoms with Gasteiger partial charge in [-0.15, -0.1) is 0 Å². The molecule has 5 nitrogen and oxygen atoms in total. The van der Waals surface area contributed by atoms with E-state index in [1.807, 2.05) is 27.7 Å². The summed E-state index contributed by atoms with van der Waals surface area (Å²) in [5.74, 6) is -0.354. The second kappa shape index (κ2) is 5.93. The third-order valence-electron chi connectivity index (χ3n) is 2.55. The van der Waals surface area contributed by atoms with Gasteiger partial charge in [-0.25, -0.2) is 8.42 Å². The molecule has 1 aromatic carbocycles. The van der Waals surface area contributed by atoms with E-state index in [1.54, 1.807) is 12.1 Å². The predicted molar refractivity (Wildman–Crippen MR) is 78.9 cm³/mol. The van der Waals surface area contributed by atoms with E-state index in [4.69, 9.17) is 0 Å². The van der Waals surface area contributed by atoms with Gasteiger partial charge >= 0.3 is 0 Å². The van der Waals surface area contributed by atoms with Crippen molar-refractivity contribution >= 4 is 15.9 Å². The number of aryl methyl sites for hydroxylation is 1. The van der Waals surface area contributed by atoms with Crippen molar-refractivity contribution in [2.24, 2.45) is 0 Å². The number of benzene rings is 1. The highest BCUT2D eigenvalue weighted by atomic mass is 32.2. The van der Waals surface area contributed by atoms with E-state index in [-0.39, 0.29) is 10.8 Å². The Balaban J connectivity index is 2.81. The Bertz CT molecular complexity index is 571. The fraction of sp³-hybridized carbons (Fsp3) is 0.500. The lowest BCUT2D eigenvalue weighted by Gasteiger charge is -2.23. The second-order valence-electron chi connectivity index (χ2n) is 5.90. The molecule has 0 radical (unpaired) electrons. The molecular weight excluding hydrogens is 276 g/mol. The number of rotatable bonds is 4. The lowest BCUT2D eigenvalue weighted by molar-refractivity contribution is -0.123. The van der Waals surface area contributed by atoms with Crippen molar-refractivity contribution in [3.05, 3.63) is 29.8 Å². The van der Waals surface area contributed by atoms with Crippen LogP contribution in [0.3, 0.4) is 0 Å². The minimum absolute atomic E-state index is 0.151. The van der Waals surface area contributed by atoms with Crippen molar-refractivity contribution < 1.29 is 13.2 Å². The maximum Gasteiger partial charge on any atom is 0.241 e. The van der Waals surface area contributed by atoms with Gasteiger partial charge in [0.05, 0.1) is 10.9 Å². The summed E-state index contributed by atoms with van der Waals surface area (Å²) in [7, 11) is -3.69. The average molecular weight is 298 g/mol. The summed E-state index contributed by atoms with van der Waals surface area (Å²) in [6, 6.07) is 5.64. The molecule has 20 heavy (non-hydrogen) atoms. The van der Waals surface area contributed by atoms with Gasteiger partial charge in [-0.3, -0.25) is 4.79 Å². The van der Waals surface area contributed by atoms with E-state index >= 15 is 0 Å². The highest BCUT2D eigenvalue weighted by molar-refractivity contribution is 7.89. The predicted octanol–water partition coefficient (Wildman–Crippen LogP) is 1.58. The van der Waals surface area contributed by atoms with Crippen molar-refractivity contribution in [2.75, 3.05) is 0 Å². The quantitative estimate of drug-likeness (QED) is 0.886. The molecule has 1 amide bonds. The number of hydrogen-bond donors (Lipinski definition) is 2. The highest BCUT2D eigenvalue weighted by Crippen LogP contribution is 2.10. The van der Waals surface area contributed by atoms with Gasteiger partial charge in [-0.2, -0.15) is 4.72 Å². The van der Waals surface area contributed by atoms with Crippen LogP contribution in [0, 0.1) is 6.92 Å². The molecule has 1 aromatic rings. The molecule has 1 rings (SSSR count). The van der Waals surface area contributed by atoms with Crippen molar-refractivity contribution in [3.63, 3.8) is 0 Å². The number of sulfonamides is 1. The molecule has 0 spiro atoms. The molecule has 0 bridgehead atoms. The van der Waals surface area contributed by atoms with Gasteiger partial charge in [0, 0.05) is 5.54 Å². The topological polar surface area (TPSA) is 75.3 Å². The molecule has 0 aliphatic carbocycles. The van der Waals surface area contributed by atoms with Crippen molar-refractivity contribution in [1.29, 1.82) is 0 Å². The fourth-order valence-corrected chi connectivity index (χ4v) is 2.75. The van der Waals surface area contributed by atoms with Gasteiger partial charge in [0.1, 0.15) is 0 Å². The maximum absolute atomic E-state index is 12.1. The molecular formula is C14H22N2O3S. The summed E-state index contributed by atoms with van der Waals surface area (Å²) in [5, 5.41) is 2.74. The van der Waals surface area contributed by atoms with Gasteiger partial charge in [0.25, 0.3) is 0 Å². The third kappa shape index (κ3) is 4.94. The second-order valence-corrected chi connectivity index (χ2v) is 7.61. The average Bonchev–Trinajstić information content (AvgIpc) is 2.26. The van der Waals surface area contributed by atoms with Crippen LogP contribution in [0.25, 0.3) is 0 Å². The molecule has 0 saturated carbocycles. The molecule has 0 aliphatic rings. The van der Waals surface area contributed by atoms with Crippen molar-refractivity contribution in [3.8, 4) is 0 Å². The Hall–Kier alpha value is -1.40. The van der Waals surface area contributed by atoms with Crippen LogP contribution in [-0.4, -0.2) is 25.9 Å². The number of carbonyl (C=O) groups excluding carboxylic acids is 1. The van der Waals surface area contributed by atoms with Gasteiger partial charge < -0.3 is 5.32 Å². The summed E-state index contributed by atoms with van der Waals surface area (Å²) in [4.78, 5) is 12.0. The first kappa shape index (κ1) is 16.7. The monoisotopic (exact) mass is 298 g/mol. The van der Waals surface area contributed by atoms with E-state index in [2.05, 4.69) is 10.0 Å². The van der Waals surface area contributed by atoms with Crippen LogP contribution in [0.15, 0.2) is 29.2 Å². The summed E-state index contributed by atoms with van der Waals surface area (Å²) in [5.41, 5.74) is 0.572. The Morgan fingerprint density at radius 1 is 1.15 bits per heavy atom. The van der Waals surface area contributed by atoms with Gasteiger partial charge in [-0.1, -0.05) is 17.7 Å². The van der Waals surface area contributed by atoms with Crippen LogP contribution in [0.2, 0.25) is 0 Å². The Kier molecular flexibility index (Phi) is 4.94. The van der Waals surface area contributed by atoms with Crippen LogP contribution in [0.5, 0.6) is 0 Å². The summed E-state index contributed by atoms with van der Waals surface area (Å²) < 4.78 is 26.6. The molecule has 0 heterocycles. The molecule has 0 fully saturated rings. The maximum atomic E-state index is 12.1. The van der Waals surface area contributed by atoms with Crippen LogP contribution in [-0.2, 0) is 14.8 Å². The number of nitrogens with one attached hydrogen (secondary N) is 2. The van der Waals surface area contributed by atoms with E-state index < -0.39 is 21.6 Å². The molecule has 2 N–H and O–H groups in total. The summed E-state index contributed by atoms with van der Waals surface area (Å²) in [6.45, 7) is 8.92. The first-order chi connectivity index (χ1) is 9.01. The molecule has 0 saturated heterocycles. The van der Waals surface area contributed by atoms with Gasteiger partial charge in [0.15, 0.2) is 0 Å². The van der Waals surface area contributed by atoms with Gasteiger partial charge in [-0.05, 0) is 46.8 Å². The minimum atomic E-state index is -3.69. The zero-order valence-corrected chi connectivity index (χ0v) is 13.3. The first-order valence-electron chi connectivity index (χ1n) is 6.42. The standard InChI is InChI=1S/C14H22N2O3S/c1-10-6-8-12(9-7-10)20(18,19)16-11(2)13(17)15-14(3,4)5/h6-9,11,16H,1-5H3,(H,15,17)/t11-/m0/s1. The van der Waals surface area contributed by atoms with E-state index in [0.717, 1.165) is 5.56 Å². The zero-order chi connectivity index (χ0) is 15.6. The lowest BCUT2D eigenvalue weighted by Crippen LogP contribution is -2.50. The number of hydrogen-bond acceptors (Lipinski definition) is 3. The summed E-state index contributed by atoms with van der Waals surface area (Å²) in [6.07, 6.45) is 0. The van der Waals surface area contributed by atoms with E-state index in [0.29, 0.717) is 0 Å².